The molecule has 0 N–H and O–H groups in total. The fraction of sp³-hybridized carbons (Fsp3) is 0.0476. The Morgan fingerprint density at radius 1 is 0.840 bits per heavy atom. The van der Waals surface area contributed by atoms with Gasteiger partial charge >= 0.3 is 0 Å². The third-order valence-electron chi connectivity index (χ3n) is 4.28. The summed E-state index contributed by atoms with van der Waals surface area (Å²) in [4.78, 5) is 0.290. The monoisotopic (exact) mass is 346 g/mol. The summed E-state index contributed by atoms with van der Waals surface area (Å²) < 4.78 is 27.2. The summed E-state index contributed by atoms with van der Waals surface area (Å²) in [5, 5.41) is 0.890. The number of rotatable bonds is 3. The first-order chi connectivity index (χ1) is 12.1. The average molecular weight is 346 g/mol. The molecule has 0 saturated heterocycles. The number of nitrogens with zero attached hydrogens (tertiary/aromatic N) is 1. The van der Waals surface area contributed by atoms with Crippen molar-refractivity contribution in [3.8, 4) is 11.1 Å². The predicted molar refractivity (Wildman–Crippen MR) is 100.0 cm³/mol. The normalized spacial score (nSPS) is 11.7. The lowest BCUT2D eigenvalue weighted by molar-refractivity contribution is 0.589. The second kappa shape index (κ2) is 5.90. The Morgan fingerprint density at radius 2 is 1.56 bits per heavy atom. The molecule has 123 valence electrons. The Hall–Kier alpha value is -2.85. The maximum Gasteiger partial charge on any atom is 0.268 e. The van der Waals surface area contributed by atoms with E-state index in [1.165, 1.54) is 3.97 Å². The molecule has 0 unspecified atom stereocenters. The summed E-state index contributed by atoms with van der Waals surface area (Å²) in [6.45, 7) is 1.93. The van der Waals surface area contributed by atoms with E-state index in [-0.39, 0.29) is 0 Å². The van der Waals surface area contributed by atoms with Gasteiger partial charge in [0.25, 0.3) is 10.0 Å². The highest BCUT2D eigenvalue weighted by molar-refractivity contribution is 7.90. The zero-order valence-corrected chi connectivity index (χ0v) is 14.5. The molecule has 1 heterocycles. The highest BCUT2D eigenvalue weighted by atomic mass is 32.2. The molecule has 0 aliphatic carbocycles. The molecule has 1 aromatic heterocycles. The zero-order chi connectivity index (χ0) is 17.4. The molecule has 0 amide bonds. The van der Waals surface area contributed by atoms with Gasteiger partial charge in [-0.25, -0.2) is 12.4 Å². The van der Waals surface area contributed by atoms with Crippen molar-refractivity contribution in [3.63, 3.8) is 0 Å². The second-order valence-corrected chi connectivity index (χ2v) is 7.81. The summed E-state index contributed by atoms with van der Waals surface area (Å²) in [5.74, 6) is 0. The molecule has 25 heavy (non-hydrogen) atoms. The van der Waals surface area contributed by atoms with Crippen LogP contribution in [0.4, 0.5) is 0 Å². The highest BCUT2D eigenvalue weighted by Gasteiger charge is 2.18. The maximum atomic E-state index is 12.9. The first-order valence-electron chi connectivity index (χ1n) is 7.95. The van der Waals surface area contributed by atoms with Crippen LogP contribution in [0.3, 0.4) is 0 Å². The summed E-state index contributed by atoms with van der Waals surface area (Å²) >= 11 is 0. The van der Waals surface area contributed by atoms with Crippen LogP contribution in [0.15, 0.2) is 83.9 Å². The van der Waals surface area contributed by atoms with Gasteiger partial charge < -0.3 is 0 Å². The summed E-state index contributed by atoms with van der Waals surface area (Å²) in [6.07, 6.45) is 1.61. The number of aryl methyl sites for hydroxylation is 1. The van der Waals surface area contributed by atoms with Crippen LogP contribution in [0.5, 0.6) is 0 Å². The molecule has 0 aliphatic heterocycles. The largest absolute Gasteiger partial charge is 0.268 e. The molecular weight excluding hydrogens is 330 g/mol. The smallest absolute Gasteiger partial charge is 0.241 e. The number of hydrogen-bond donors (Lipinski definition) is 0. The van der Waals surface area contributed by atoms with Gasteiger partial charge in [0.1, 0.15) is 0 Å². The van der Waals surface area contributed by atoms with Gasteiger partial charge in [0.2, 0.25) is 0 Å². The van der Waals surface area contributed by atoms with Crippen LogP contribution < -0.4 is 0 Å². The van der Waals surface area contributed by atoms with E-state index in [9.17, 15) is 8.42 Å². The van der Waals surface area contributed by atoms with Gasteiger partial charge in [-0.3, -0.25) is 0 Å². The van der Waals surface area contributed by atoms with Crippen molar-refractivity contribution < 1.29 is 8.42 Å². The summed E-state index contributed by atoms with van der Waals surface area (Å²) in [6, 6.07) is 25.3. The molecule has 4 aromatic rings. The van der Waals surface area contributed by atoms with Crippen molar-refractivity contribution in [3.05, 3.63) is 90.6 Å². The van der Waals surface area contributed by atoms with Gasteiger partial charge in [0.05, 0.1) is 10.4 Å². The van der Waals surface area contributed by atoms with Crippen LogP contribution in [0, 0.1) is 13.0 Å². The minimum absolute atomic E-state index is 0.290. The van der Waals surface area contributed by atoms with E-state index in [0.717, 1.165) is 22.1 Å². The number of benzene rings is 3. The number of hydrogen-bond acceptors (Lipinski definition) is 2. The second-order valence-electron chi connectivity index (χ2n) is 5.99. The van der Waals surface area contributed by atoms with E-state index in [0.29, 0.717) is 10.4 Å². The van der Waals surface area contributed by atoms with E-state index in [2.05, 4.69) is 6.07 Å². The molecule has 1 radical (unpaired) electrons. The lowest BCUT2D eigenvalue weighted by Gasteiger charge is -2.08. The molecule has 0 fully saturated rings. The highest BCUT2D eigenvalue weighted by Crippen LogP contribution is 2.27. The van der Waals surface area contributed by atoms with Crippen LogP contribution >= 0.6 is 0 Å². The van der Waals surface area contributed by atoms with Crippen LogP contribution in [0.25, 0.3) is 22.0 Å². The third kappa shape index (κ3) is 2.75. The zero-order valence-electron chi connectivity index (χ0n) is 13.7. The van der Waals surface area contributed by atoms with Crippen molar-refractivity contribution in [1.82, 2.24) is 3.97 Å². The van der Waals surface area contributed by atoms with E-state index in [1.54, 1.807) is 18.3 Å². The predicted octanol–water partition coefficient (Wildman–Crippen LogP) is 4.65. The minimum Gasteiger partial charge on any atom is -0.241 e. The minimum atomic E-state index is -3.60. The topological polar surface area (TPSA) is 39.1 Å². The standard InChI is InChI=1S/C21H16NO2S/c1-16-7-10-20(11-8-16)25(23,24)22-14-13-19-15-18(9-12-21(19)22)17-5-3-2-4-6-17/h3-15H,1H3. The van der Waals surface area contributed by atoms with Gasteiger partial charge in [-0.1, -0.05) is 48.0 Å². The Labute approximate surface area is 147 Å². The summed E-state index contributed by atoms with van der Waals surface area (Å²) in [5.41, 5.74) is 3.83. The van der Waals surface area contributed by atoms with Crippen LogP contribution in [0.2, 0.25) is 0 Å². The van der Waals surface area contributed by atoms with Crippen molar-refractivity contribution in [2.24, 2.45) is 0 Å². The van der Waals surface area contributed by atoms with Gasteiger partial charge in [-0.15, -0.1) is 0 Å². The molecule has 0 spiro atoms. The SMILES string of the molecule is Cc1ccc(S(=O)(=O)n2ccc3cc(-c4cc[c]cc4)ccc32)cc1. The van der Waals surface area contributed by atoms with Crippen LogP contribution in [-0.4, -0.2) is 12.4 Å². The molecule has 0 bridgehead atoms. The molecular formula is C21H16NO2S. The molecule has 0 saturated carbocycles. The van der Waals surface area contributed by atoms with Crippen LogP contribution in [0.1, 0.15) is 5.56 Å². The van der Waals surface area contributed by atoms with Crippen molar-refractivity contribution in [2.45, 2.75) is 11.8 Å². The molecule has 4 rings (SSSR count). The average Bonchev–Trinajstić information content (AvgIpc) is 3.07. The molecule has 0 aliphatic rings. The maximum absolute atomic E-state index is 12.9. The van der Waals surface area contributed by atoms with Gasteiger partial charge in [0.15, 0.2) is 0 Å². The molecule has 3 nitrogen and oxygen atoms in total. The van der Waals surface area contributed by atoms with E-state index in [4.69, 9.17) is 0 Å². The first kappa shape index (κ1) is 15.7. The quantitative estimate of drug-likeness (QED) is 0.541. The van der Waals surface area contributed by atoms with Gasteiger partial charge in [-0.2, -0.15) is 0 Å². The third-order valence-corrected chi connectivity index (χ3v) is 5.99. The van der Waals surface area contributed by atoms with Crippen molar-refractivity contribution in [1.29, 1.82) is 0 Å². The van der Waals surface area contributed by atoms with E-state index >= 15 is 0 Å². The summed E-state index contributed by atoms with van der Waals surface area (Å²) in [7, 11) is -3.60. The Bertz CT molecular complexity index is 1140. The molecule has 0 atom stereocenters. The number of fused-ring (bicyclic) bond motifs is 1. The fourth-order valence-corrected chi connectivity index (χ4v) is 4.26. The molecule has 3 aromatic carbocycles. The lowest BCUT2D eigenvalue weighted by atomic mass is 10.0. The van der Waals surface area contributed by atoms with E-state index in [1.807, 2.05) is 67.6 Å². The lowest BCUT2D eigenvalue weighted by Crippen LogP contribution is -2.11. The Balaban J connectivity index is 1.83. The van der Waals surface area contributed by atoms with Crippen molar-refractivity contribution in [2.75, 3.05) is 0 Å². The Kier molecular flexibility index (Phi) is 3.70. The Morgan fingerprint density at radius 3 is 2.28 bits per heavy atom. The fourth-order valence-electron chi connectivity index (χ4n) is 2.91. The van der Waals surface area contributed by atoms with Gasteiger partial charge in [-0.05, 0) is 54.4 Å². The van der Waals surface area contributed by atoms with Crippen molar-refractivity contribution >= 4 is 20.9 Å². The van der Waals surface area contributed by atoms with E-state index < -0.39 is 10.0 Å². The molecule has 4 heteroatoms. The van der Waals surface area contributed by atoms with Gasteiger partial charge in [0, 0.05) is 11.6 Å². The first-order valence-corrected chi connectivity index (χ1v) is 9.39. The number of aromatic nitrogens is 1. The van der Waals surface area contributed by atoms with Crippen LogP contribution in [-0.2, 0) is 10.0 Å².